The van der Waals surface area contributed by atoms with E-state index in [2.05, 4.69) is 0 Å². The number of likely N-dealkylation sites (tertiary alicyclic amines) is 1. The first-order valence-corrected chi connectivity index (χ1v) is 10.7. The van der Waals surface area contributed by atoms with Gasteiger partial charge in [0.1, 0.15) is 11.9 Å². The number of ether oxygens (including phenoxy) is 3. The number of carbonyl (C=O) groups is 2. The number of carbonyl (C=O) groups excluding carboxylic acids is 2. The first-order valence-electron chi connectivity index (χ1n) is 10.7. The van der Waals surface area contributed by atoms with E-state index in [1.165, 1.54) is 0 Å². The third-order valence-electron chi connectivity index (χ3n) is 6.02. The van der Waals surface area contributed by atoms with E-state index in [0.717, 1.165) is 44.5 Å². The molecule has 1 aromatic carbocycles. The van der Waals surface area contributed by atoms with E-state index in [1.807, 2.05) is 34.1 Å². The zero-order chi connectivity index (χ0) is 20.1. The van der Waals surface area contributed by atoms with Crippen molar-refractivity contribution in [3.8, 4) is 5.75 Å². The summed E-state index contributed by atoms with van der Waals surface area (Å²) >= 11 is 0. The highest BCUT2D eigenvalue weighted by Gasteiger charge is 2.31. The van der Waals surface area contributed by atoms with Crippen molar-refractivity contribution in [2.75, 3.05) is 52.6 Å². The maximum Gasteiger partial charge on any atom is 0.254 e. The zero-order valence-electron chi connectivity index (χ0n) is 16.9. The zero-order valence-corrected chi connectivity index (χ0v) is 16.9. The largest absolute Gasteiger partial charge is 0.493 e. The maximum atomic E-state index is 12.5. The van der Waals surface area contributed by atoms with E-state index in [9.17, 15) is 9.59 Å². The average molecular weight is 402 g/mol. The molecule has 0 aliphatic carbocycles. The number of piperidine rings is 1. The van der Waals surface area contributed by atoms with Crippen molar-refractivity contribution in [2.45, 2.75) is 31.8 Å². The van der Waals surface area contributed by atoms with Gasteiger partial charge in [-0.1, -0.05) is 0 Å². The quantitative estimate of drug-likeness (QED) is 0.753. The van der Waals surface area contributed by atoms with Crippen LogP contribution < -0.4 is 4.74 Å². The predicted octanol–water partition coefficient (Wildman–Crippen LogP) is 1.96. The van der Waals surface area contributed by atoms with Gasteiger partial charge in [0.15, 0.2) is 0 Å². The van der Waals surface area contributed by atoms with Crippen molar-refractivity contribution < 1.29 is 23.8 Å². The van der Waals surface area contributed by atoms with Crippen molar-refractivity contribution in [3.05, 3.63) is 29.8 Å². The molecule has 3 aliphatic heterocycles. The Morgan fingerprint density at radius 3 is 2.31 bits per heavy atom. The number of amides is 2. The lowest BCUT2D eigenvalue weighted by atomic mass is 9.97. The highest BCUT2D eigenvalue weighted by molar-refractivity contribution is 5.94. The molecule has 2 amide bonds. The van der Waals surface area contributed by atoms with Crippen molar-refractivity contribution >= 4 is 11.8 Å². The monoisotopic (exact) mass is 402 g/mol. The molecule has 3 heterocycles. The number of hydrogen-bond donors (Lipinski definition) is 0. The van der Waals surface area contributed by atoms with E-state index in [4.69, 9.17) is 14.2 Å². The summed E-state index contributed by atoms with van der Waals surface area (Å²) in [6.07, 6.45) is 3.52. The van der Waals surface area contributed by atoms with Gasteiger partial charge in [0, 0.05) is 38.3 Å². The molecule has 0 aromatic heterocycles. The Morgan fingerprint density at radius 2 is 1.66 bits per heavy atom. The van der Waals surface area contributed by atoms with Crippen LogP contribution in [-0.2, 0) is 14.3 Å². The van der Waals surface area contributed by atoms with Crippen LogP contribution in [0, 0.1) is 5.92 Å². The van der Waals surface area contributed by atoms with Crippen LogP contribution >= 0.6 is 0 Å². The molecule has 4 rings (SSSR count). The topological polar surface area (TPSA) is 68.3 Å². The summed E-state index contributed by atoms with van der Waals surface area (Å²) in [6.45, 7) is 5.39. The van der Waals surface area contributed by atoms with E-state index < -0.39 is 0 Å². The number of morpholine rings is 1. The summed E-state index contributed by atoms with van der Waals surface area (Å²) < 4.78 is 16.8. The fraction of sp³-hybridized carbons (Fsp3) is 0.636. The summed E-state index contributed by atoms with van der Waals surface area (Å²) in [5, 5.41) is 0. The van der Waals surface area contributed by atoms with Crippen LogP contribution in [-0.4, -0.2) is 80.3 Å². The van der Waals surface area contributed by atoms with E-state index in [-0.39, 0.29) is 17.9 Å². The minimum Gasteiger partial charge on any atom is -0.493 e. The van der Waals surface area contributed by atoms with Crippen molar-refractivity contribution in [2.24, 2.45) is 5.92 Å². The molecule has 0 N–H and O–H groups in total. The van der Waals surface area contributed by atoms with Gasteiger partial charge in [-0.05, 0) is 55.9 Å². The minimum atomic E-state index is -0.221. The summed E-state index contributed by atoms with van der Waals surface area (Å²) in [6, 6.07) is 7.39. The first kappa shape index (κ1) is 20.2. The Bertz CT molecular complexity index is 688. The Hall–Kier alpha value is -2.12. The van der Waals surface area contributed by atoms with Crippen LogP contribution in [0.4, 0.5) is 0 Å². The second-order valence-corrected chi connectivity index (χ2v) is 8.01. The van der Waals surface area contributed by atoms with Gasteiger partial charge in [0.2, 0.25) is 0 Å². The standard InChI is InChI=1S/C22H30N2O5/c25-21(24-11-14-27-15-12-24)18-3-5-19(6-4-18)29-16-17-7-9-23(10-8-17)22(26)20-2-1-13-28-20/h3-6,17,20H,1-2,7-16H2/t20-/m1/s1. The Morgan fingerprint density at radius 1 is 0.931 bits per heavy atom. The van der Waals surface area contributed by atoms with Gasteiger partial charge in [-0.25, -0.2) is 0 Å². The molecule has 1 atom stereocenters. The third-order valence-corrected chi connectivity index (χ3v) is 6.02. The number of benzene rings is 1. The van der Waals surface area contributed by atoms with Gasteiger partial charge in [-0.15, -0.1) is 0 Å². The summed E-state index contributed by atoms with van der Waals surface area (Å²) in [4.78, 5) is 28.7. The molecule has 0 bridgehead atoms. The molecule has 0 unspecified atom stereocenters. The van der Waals surface area contributed by atoms with Crippen molar-refractivity contribution in [1.82, 2.24) is 9.80 Å². The van der Waals surface area contributed by atoms with Crippen molar-refractivity contribution in [1.29, 1.82) is 0 Å². The molecule has 1 aromatic rings. The molecule has 3 fully saturated rings. The van der Waals surface area contributed by atoms with Crippen LogP contribution in [0.1, 0.15) is 36.0 Å². The molecule has 158 valence electrons. The molecule has 29 heavy (non-hydrogen) atoms. The number of rotatable bonds is 5. The third kappa shape index (κ3) is 5.08. The van der Waals surface area contributed by atoms with Crippen LogP contribution in [0.15, 0.2) is 24.3 Å². The highest BCUT2D eigenvalue weighted by Crippen LogP contribution is 2.23. The fourth-order valence-electron chi connectivity index (χ4n) is 4.15. The normalized spacial score (nSPS) is 23.2. The van der Waals surface area contributed by atoms with Crippen molar-refractivity contribution in [3.63, 3.8) is 0 Å². The molecule has 3 saturated heterocycles. The Kier molecular flexibility index (Phi) is 6.67. The Balaban J connectivity index is 1.20. The predicted molar refractivity (Wildman–Crippen MR) is 107 cm³/mol. The second-order valence-electron chi connectivity index (χ2n) is 8.01. The molecule has 0 saturated carbocycles. The molecule has 3 aliphatic rings. The SMILES string of the molecule is O=C(c1ccc(OCC2CCN(C(=O)[C@H]3CCCO3)CC2)cc1)N1CCOCC1. The lowest BCUT2D eigenvalue weighted by Gasteiger charge is -2.33. The van der Waals surface area contributed by atoms with Gasteiger partial charge < -0.3 is 24.0 Å². The van der Waals surface area contributed by atoms with E-state index in [0.29, 0.717) is 51.0 Å². The first-order chi connectivity index (χ1) is 14.2. The van der Waals surface area contributed by atoms with Gasteiger partial charge in [-0.3, -0.25) is 9.59 Å². The lowest BCUT2D eigenvalue weighted by molar-refractivity contribution is -0.142. The molecule has 0 radical (unpaired) electrons. The molecule has 7 heteroatoms. The molecular formula is C22H30N2O5. The average Bonchev–Trinajstić information content (AvgIpc) is 3.33. The van der Waals surface area contributed by atoms with Crippen LogP contribution in [0.2, 0.25) is 0 Å². The summed E-state index contributed by atoms with van der Waals surface area (Å²) in [5.74, 6) is 1.42. The van der Waals surface area contributed by atoms with Gasteiger partial charge in [0.05, 0.1) is 19.8 Å². The second kappa shape index (κ2) is 9.59. The van der Waals surface area contributed by atoms with Crippen LogP contribution in [0.5, 0.6) is 5.75 Å². The van der Waals surface area contributed by atoms with Gasteiger partial charge in [0.25, 0.3) is 11.8 Å². The van der Waals surface area contributed by atoms with Crippen LogP contribution in [0.25, 0.3) is 0 Å². The summed E-state index contributed by atoms with van der Waals surface area (Å²) in [7, 11) is 0. The molecule has 7 nitrogen and oxygen atoms in total. The number of nitrogens with zero attached hydrogens (tertiary/aromatic N) is 2. The smallest absolute Gasteiger partial charge is 0.254 e. The van der Waals surface area contributed by atoms with E-state index in [1.54, 1.807) is 0 Å². The highest BCUT2D eigenvalue weighted by atomic mass is 16.5. The molecular weight excluding hydrogens is 372 g/mol. The molecule has 0 spiro atoms. The minimum absolute atomic E-state index is 0.0446. The maximum absolute atomic E-state index is 12.5. The van der Waals surface area contributed by atoms with Crippen LogP contribution in [0.3, 0.4) is 0 Å². The van der Waals surface area contributed by atoms with Gasteiger partial charge in [-0.2, -0.15) is 0 Å². The fourth-order valence-corrected chi connectivity index (χ4v) is 4.15. The summed E-state index contributed by atoms with van der Waals surface area (Å²) in [5.41, 5.74) is 0.681. The van der Waals surface area contributed by atoms with Gasteiger partial charge >= 0.3 is 0 Å². The number of hydrogen-bond acceptors (Lipinski definition) is 5. The lowest BCUT2D eigenvalue weighted by Crippen LogP contribution is -2.44. The Labute approximate surface area is 171 Å². The van der Waals surface area contributed by atoms with E-state index >= 15 is 0 Å².